The molecule has 0 fully saturated rings. The predicted molar refractivity (Wildman–Crippen MR) is 135 cm³/mol. The summed E-state index contributed by atoms with van der Waals surface area (Å²) in [5.74, 6) is 0.669. The Morgan fingerprint density at radius 3 is 2.53 bits per heavy atom. The molecule has 4 nitrogen and oxygen atoms in total. The summed E-state index contributed by atoms with van der Waals surface area (Å²) in [5.41, 5.74) is 3.99. The number of hydrogen-bond acceptors (Lipinski definition) is 3. The van der Waals surface area contributed by atoms with Gasteiger partial charge in [0.1, 0.15) is 17.4 Å². The molecule has 4 rings (SSSR count). The Morgan fingerprint density at radius 2 is 1.79 bits per heavy atom. The lowest BCUT2D eigenvalue weighted by molar-refractivity contribution is 0.241. The fourth-order valence-electron chi connectivity index (χ4n) is 4.10. The first kappa shape index (κ1) is 24.0. The maximum absolute atomic E-state index is 13.9. The van der Waals surface area contributed by atoms with Gasteiger partial charge in [-0.3, -0.25) is 4.90 Å². The molecule has 0 bridgehead atoms. The molecule has 0 atom stereocenters. The summed E-state index contributed by atoms with van der Waals surface area (Å²) < 4.78 is 16.1. The van der Waals surface area contributed by atoms with Gasteiger partial charge in [0.2, 0.25) is 0 Å². The number of aromatic nitrogens is 2. The van der Waals surface area contributed by atoms with Gasteiger partial charge in [-0.2, -0.15) is 0 Å². The van der Waals surface area contributed by atoms with Crippen LogP contribution in [0.4, 0.5) is 4.39 Å². The van der Waals surface area contributed by atoms with E-state index in [9.17, 15) is 9.50 Å². The van der Waals surface area contributed by atoms with Gasteiger partial charge in [0, 0.05) is 36.8 Å². The third-order valence-corrected chi connectivity index (χ3v) is 6.17. The molecule has 6 heteroatoms. The van der Waals surface area contributed by atoms with Crippen molar-refractivity contribution >= 4 is 11.6 Å². The maximum atomic E-state index is 13.9. The highest BCUT2D eigenvalue weighted by Crippen LogP contribution is 2.26. The number of unbranched alkanes of at least 4 members (excludes halogenated alkanes) is 1. The molecule has 0 aliphatic heterocycles. The van der Waals surface area contributed by atoms with Gasteiger partial charge in [0.05, 0.1) is 11.9 Å². The van der Waals surface area contributed by atoms with Crippen molar-refractivity contribution in [1.29, 1.82) is 0 Å². The quantitative estimate of drug-likeness (QED) is 0.266. The maximum Gasteiger partial charge on any atom is 0.140 e. The standard InChI is InChI=1S/C28H29ClFN3O/c1-2-3-14-33-25(17-31-28(33)22-10-7-11-24(30)15-22)20-32(18-21-8-5-4-6-9-21)19-23-12-13-26(34)16-27(23)29/h4-13,15-17,34H,2-3,14,18-20H2,1H3. The zero-order valence-electron chi connectivity index (χ0n) is 19.3. The highest BCUT2D eigenvalue weighted by atomic mass is 35.5. The van der Waals surface area contributed by atoms with Gasteiger partial charge < -0.3 is 9.67 Å². The Labute approximate surface area is 205 Å². The van der Waals surface area contributed by atoms with Crippen LogP contribution < -0.4 is 0 Å². The van der Waals surface area contributed by atoms with E-state index < -0.39 is 0 Å². The molecular weight excluding hydrogens is 449 g/mol. The number of nitrogens with zero attached hydrogens (tertiary/aromatic N) is 3. The number of halogens is 2. The van der Waals surface area contributed by atoms with Crippen molar-refractivity contribution in [1.82, 2.24) is 14.5 Å². The molecule has 0 saturated heterocycles. The lowest BCUT2D eigenvalue weighted by atomic mass is 10.1. The molecule has 0 radical (unpaired) electrons. The minimum absolute atomic E-state index is 0.153. The minimum atomic E-state index is -0.267. The third-order valence-electron chi connectivity index (χ3n) is 5.82. The van der Waals surface area contributed by atoms with Crippen molar-refractivity contribution in [2.45, 2.75) is 45.9 Å². The molecule has 34 heavy (non-hydrogen) atoms. The van der Waals surface area contributed by atoms with Gasteiger partial charge >= 0.3 is 0 Å². The molecule has 1 N–H and O–H groups in total. The Balaban J connectivity index is 1.66. The van der Waals surface area contributed by atoms with Gasteiger partial charge in [-0.15, -0.1) is 0 Å². The second kappa shape index (κ2) is 11.3. The molecular formula is C28H29ClFN3O. The van der Waals surface area contributed by atoms with E-state index in [2.05, 4.69) is 33.5 Å². The lowest BCUT2D eigenvalue weighted by Gasteiger charge is -2.24. The molecule has 176 valence electrons. The van der Waals surface area contributed by atoms with Gasteiger partial charge in [0.15, 0.2) is 0 Å². The van der Waals surface area contributed by atoms with Crippen LogP contribution in [-0.2, 0) is 26.2 Å². The van der Waals surface area contributed by atoms with E-state index in [0.717, 1.165) is 48.6 Å². The number of rotatable bonds is 10. The summed E-state index contributed by atoms with van der Waals surface area (Å²) in [4.78, 5) is 7.00. The molecule has 1 aromatic heterocycles. The lowest BCUT2D eigenvalue weighted by Crippen LogP contribution is -2.24. The first-order valence-electron chi connectivity index (χ1n) is 11.6. The average molecular weight is 478 g/mol. The van der Waals surface area contributed by atoms with Crippen molar-refractivity contribution < 1.29 is 9.50 Å². The van der Waals surface area contributed by atoms with Gasteiger partial charge in [-0.25, -0.2) is 9.37 Å². The van der Waals surface area contributed by atoms with Gasteiger partial charge in [0.25, 0.3) is 0 Å². The number of hydrogen-bond donors (Lipinski definition) is 1. The predicted octanol–water partition coefficient (Wildman–Crippen LogP) is 7.05. The molecule has 3 aromatic carbocycles. The fraction of sp³-hybridized carbons (Fsp3) is 0.250. The molecule has 0 aliphatic rings. The van der Waals surface area contributed by atoms with Gasteiger partial charge in [-0.05, 0) is 41.8 Å². The Morgan fingerprint density at radius 1 is 0.971 bits per heavy atom. The van der Waals surface area contributed by atoms with Crippen molar-refractivity contribution in [3.8, 4) is 17.1 Å². The molecule has 4 aromatic rings. The first-order chi connectivity index (χ1) is 16.5. The van der Waals surface area contributed by atoms with Crippen LogP contribution in [-0.4, -0.2) is 19.6 Å². The van der Waals surface area contributed by atoms with E-state index in [0.29, 0.717) is 18.1 Å². The van der Waals surface area contributed by atoms with Crippen LogP contribution in [0.5, 0.6) is 5.75 Å². The van der Waals surface area contributed by atoms with Crippen LogP contribution >= 0.6 is 11.6 Å². The highest BCUT2D eigenvalue weighted by molar-refractivity contribution is 6.31. The van der Waals surface area contributed by atoms with Gasteiger partial charge in [-0.1, -0.05) is 73.5 Å². The fourth-order valence-corrected chi connectivity index (χ4v) is 4.34. The second-order valence-electron chi connectivity index (χ2n) is 8.50. The van der Waals surface area contributed by atoms with E-state index in [1.807, 2.05) is 36.5 Å². The summed E-state index contributed by atoms with van der Waals surface area (Å²) in [6.07, 6.45) is 3.96. The molecule has 0 unspecified atom stereocenters. The zero-order chi connectivity index (χ0) is 23.9. The highest BCUT2D eigenvalue weighted by Gasteiger charge is 2.17. The average Bonchev–Trinajstić information content (AvgIpc) is 3.22. The topological polar surface area (TPSA) is 41.3 Å². The summed E-state index contributed by atoms with van der Waals surface area (Å²) in [5, 5.41) is 10.3. The van der Waals surface area contributed by atoms with E-state index >= 15 is 0 Å². The summed E-state index contributed by atoms with van der Waals surface area (Å²) in [6.45, 7) is 4.97. The third kappa shape index (κ3) is 6.04. The SMILES string of the molecule is CCCCn1c(CN(Cc2ccccc2)Cc2ccc(O)cc2Cl)cnc1-c1cccc(F)c1. The number of phenols is 1. The van der Waals surface area contributed by atoms with E-state index in [1.54, 1.807) is 18.2 Å². The Kier molecular flexibility index (Phi) is 7.99. The zero-order valence-corrected chi connectivity index (χ0v) is 20.0. The molecule has 0 saturated carbocycles. The number of phenolic OH excluding ortho intramolecular Hbond substituents is 1. The van der Waals surface area contributed by atoms with Crippen LogP contribution in [0.3, 0.4) is 0 Å². The van der Waals surface area contributed by atoms with Crippen molar-refractivity contribution in [2.24, 2.45) is 0 Å². The molecule has 0 amide bonds. The van der Waals surface area contributed by atoms with E-state index in [4.69, 9.17) is 11.6 Å². The van der Waals surface area contributed by atoms with Crippen molar-refractivity contribution in [3.05, 3.63) is 107 Å². The largest absolute Gasteiger partial charge is 0.508 e. The van der Waals surface area contributed by atoms with Crippen LogP contribution in [0.1, 0.15) is 36.6 Å². The normalized spacial score (nSPS) is 11.3. The number of benzene rings is 3. The summed E-state index contributed by atoms with van der Waals surface area (Å²) >= 11 is 6.44. The monoisotopic (exact) mass is 477 g/mol. The van der Waals surface area contributed by atoms with Crippen LogP contribution in [0.25, 0.3) is 11.4 Å². The smallest absolute Gasteiger partial charge is 0.140 e. The Hall–Kier alpha value is -3.15. The minimum Gasteiger partial charge on any atom is -0.508 e. The number of aromatic hydroxyl groups is 1. The molecule has 1 heterocycles. The van der Waals surface area contributed by atoms with E-state index in [1.165, 1.54) is 17.7 Å². The van der Waals surface area contributed by atoms with Crippen LogP contribution in [0.15, 0.2) is 79.0 Å². The molecule has 0 aliphatic carbocycles. The van der Waals surface area contributed by atoms with Crippen LogP contribution in [0.2, 0.25) is 5.02 Å². The summed E-state index contributed by atoms with van der Waals surface area (Å²) in [6, 6.07) is 22.0. The van der Waals surface area contributed by atoms with Crippen molar-refractivity contribution in [3.63, 3.8) is 0 Å². The summed E-state index contributed by atoms with van der Waals surface area (Å²) in [7, 11) is 0. The van der Waals surface area contributed by atoms with Crippen molar-refractivity contribution in [2.75, 3.05) is 0 Å². The van der Waals surface area contributed by atoms with E-state index in [-0.39, 0.29) is 11.6 Å². The first-order valence-corrected chi connectivity index (χ1v) is 11.9. The number of imidazole rings is 1. The van der Waals surface area contributed by atoms with Crippen LogP contribution in [0, 0.1) is 5.82 Å². The second-order valence-corrected chi connectivity index (χ2v) is 8.90. The Bertz CT molecular complexity index is 1230. The molecule has 0 spiro atoms.